The summed E-state index contributed by atoms with van der Waals surface area (Å²) in [6.07, 6.45) is 2.44. The number of benzene rings is 1. The first-order chi connectivity index (χ1) is 11.3. The Bertz CT molecular complexity index is 833. The van der Waals surface area contributed by atoms with E-state index in [-0.39, 0.29) is 23.9 Å². The molecule has 0 fully saturated rings. The van der Waals surface area contributed by atoms with E-state index in [1.165, 1.54) is 24.5 Å². The Morgan fingerprint density at radius 1 is 1.12 bits per heavy atom. The largest absolute Gasteiger partial charge is 0.619 e. The van der Waals surface area contributed by atoms with Crippen LogP contribution in [0.15, 0.2) is 47.6 Å². The Hall–Kier alpha value is -2.45. The Labute approximate surface area is 141 Å². The lowest BCUT2D eigenvalue weighted by Gasteiger charge is -2.10. The van der Waals surface area contributed by atoms with Crippen LogP contribution in [-0.4, -0.2) is 27.4 Å². The zero-order valence-electron chi connectivity index (χ0n) is 13.4. The van der Waals surface area contributed by atoms with E-state index in [4.69, 9.17) is 0 Å². The van der Waals surface area contributed by atoms with Crippen LogP contribution in [0.3, 0.4) is 0 Å². The molecule has 1 heterocycles. The average molecular weight is 349 g/mol. The minimum atomic E-state index is -3.63. The number of rotatable bonds is 6. The number of nitrogens with zero attached hydrogens (tertiary/aromatic N) is 1. The van der Waals surface area contributed by atoms with E-state index in [2.05, 4.69) is 10.0 Å². The molecule has 0 aliphatic heterocycles. The van der Waals surface area contributed by atoms with Crippen molar-refractivity contribution >= 4 is 15.9 Å². The summed E-state index contributed by atoms with van der Waals surface area (Å²) in [6.45, 7) is 3.75. The molecule has 2 N–H and O–H groups in total. The summed E-state index contributed by atoms with van der Waals surface area (Å²) in [4.78, 5) is 12.1. The van der Waals surface area contributed by atoms with Gasteiger partial charge in [-0.3, -0.25) is 4.79 Å². The summed E-state index contributed by atoms with van der Waals surface area (Å²) >= 11 is 0. The fraction of sp³-hybridized carbons (Fsp3) is 0.250. The summed E-state index contributed by atoms with van der Waals surface area (Å²) in [7, 11) is -3.63. The zero-order valence-corrected chi connectivity index (χ0v) is 14.3. The Balaban J connectivity index is 1.90. The van der Waals surface area contributed by atoms with Crippen molar-refractivity contribution in [2.24, 2.45) is 0 Å². The van der Waals surface area contributed by atoms with Crippen LogP contribution in [0.25, 0.3) is 0 Å². The van der Waals surface area contributed by atoms with Crippen LogP contribution >= 0.6 is 0 Å². The van der Waals surface area contributed by atoms with Gasteiger partial charge in [-0.15, -0.1) is 0 Å². The molecule has 0 atom stereocenters. The number of amides is 1. The van der Waals surface area contributed by atoms with Gasteiger partial charge in [0.2, 0.25) is 10.0 Å². The van der Waals surface area contributed by atoms with Gasteiger partial charge in [0, 0.05) is 25.2 Å². The molecule has 0 saturated carbocycles. The van der Waals surface area contributed by atoms with Crippen LogP contribution in [0.1, 0.15) is 21.5 Å². The predicted molar refractivity (Wildman–Crippen MR) is 88.8 cm³/mol. The highest BCUT2D eigenvalue weighted by Gasteiger charge is 2.16. The number of pyridine rings is 1. The summed E-state index contributed by atoms with van der Waals surface area (Å²) < 4.78 is 27.6. The minimum Gasteiger partial charge on any atom is -0.619 e. The number of aromatic nitrogens is 1. The maximum absolute atomic E-state index is 12.3. The van der Waals surface area contributed by atoms with Gasteiger partial charge in [-0.05, 0) is 31.0 Å². The highest BCUT2D eigenvalue weighted by Crippen LogP contribution is 2.16. The molecule has 2 rings (SSSR count). The van der Waals surface area contributed by atoms with Crippen LogP contribution in [0.2, 0.25) is 0 Å². The maximum atomic E-state index is 12.3. The number of aryl methyl sites for hydroxylation is 2. The van der Waals surface area contributed by atoms with Gasteiger partial charge in [-0.2, -0.15) is 4.73 Å². The molecule has 1 aromatic heterocycles. The minimum absolute atomic E-state index is 0.0653. The molecular weight excluding hydrogens is 330 g/mol. The molecule has 0 spiro atoms. The zero-order chi connectivity index (χ0) is 17.7. The highest BCUT2D eigenvalue weighted by atomic mass is 32.2. The lowest BCUT2D eigenvalue weighted by molar-refractivity contribution is -0.605. The smallest absolute Gasteiger partial charge is 0.251 e. The Morgan fingerprint density at radius 2 is 1.79 bits per heavy atom. The number of sulfonamides is 1. The van der Waals surface area contributed by atoms with Gasteiger partial charge in [0.25, 0.3) is 5.91 Å². The SMILES string of the molecule is Cc1ccc(C)c(S(=O)(=O)NCCNC(=O)c2cc[n+]([O-])cc2)c1. The molecule has 2 aromatic rings. The van der Waals surface area contributed by atoms with Gasteiger partial charge < -0.3 is 10.5 Å². The third-order valence-electron chi connectivity index (χ3n) is 3.40. The second-order valence-corrected chi connectivity index (χ2v) is 7.10. The molecule has 24 heavy (non-hydrogen) atoms. The van der Waals surface area contributed by atoms with Crippen LogP contribution in [0, 0.1) is 19.1 Å². The normalized spacial score (nSPS) is 11.2. The topological polar surface area (TPSA) is 102 Å². The number of hydrogen-bond acceptors (Lipinski definition) is 4. The van der Waals surface area contributed by atoms with Crippen molar-refractivity contribution in [3.05, 3.63) is 64.6 Å². The molecule has 1 amide bonds. The van der Waals surface area contributed by atoms with Gasteiger partial charge in [-0.1, -0.05) is 12.1 Å². The van der Waals surface area contributed by atoms with Crippen LogP contribution in [-0.2, 0) is 10.0 Å². The fourth-order valence-electron chi connectivity index (χ4n) is 2.10. The number of nitrogens with one attached hydrogen (secondary N) is 2. The van der Waals surface area contributed by atoms with Crippen LogP contribution < -0.4 is 14.8 Å². The molecule has 1 aromatic carbocycles. The van der Waals surface area contributed by atoms with Gasteiger partial charge in [-0.25, -0.2) is 13.1 Å². The number of hydrogen-bond donors (Lipinski definition) is 2. The highest BCUT2D eigenvalue weighted by molar-refractivity contribution is 7.89. The van der Waals surface area contributed by atoms with Crippen molar-refractivity contribution in [1.82, 2.24) is 10.0 Å². The lowest BCUT2D eigenvalue weighted by atomic mass is 10.2. The van der Waals surface area contributed by atoms with Gasteiger partial charge in [0.05, 0.1) is 10.5 Å². The summed E-state index contributed by atoms with van der Waals surface area (Å²) in [6, 6.07) is 7.99. The van der Waals surface area contributed by atoms with E-state index < -0.39 is 10.0 Å². The van der Waals surface area contributed by atoms with E-state index in [1.54, 1.807) is 19.1 Å². The summed E-state index contributed by atoms with van der Waals surface area (Å²) in [5.41, 5.74) is 1.85. The molecule has 0 aliphatic rings. The summed E-state index contributed by atoms with van der Waals surface area (Å²) in [5, 5.41) is 13.5. The van der Waals surface area contributed by atoms with E-state index in [0.29, 0.717) is 15.9 Å². The second-order valence-electron chi connectivity index (χ2n) is 5.37. The van der Waals surface area contributed by atoms with E-state index in [1.807, 2.05) is 13.0 Å². The van der Waals surface area contributed by atoms with Crippen molar-refractivity contribution in [3.63, 3.8) is 0 Å². The number of carbonyl (C=O) groups excluding carboxylic acids is 1. The maximum Gasteiger partial charge on any atom is 0.251 e. The van der Waals surface area contributed by atoms with Crippen LogP contribution in [0.4, 0.5) is 0 Å². The molecule has 0 bridgehead atoms. The molecule has 8 heteroatoms. The van der Waals surface area contributed by atoms with Crippen molar-refractivity contribution in [2.45, 2.75) is 18.7 Å². The van der Waals surface area contributed by atoms with E-state index >= 15 is 0 Å². The standard InChI is InChI=1S/C16H19N3O4S/c1-12-3-4-13(2)15(11-12)24(22,23)18-8-7-17-16(20)14-5-9-19(21)10-6-14/h3-6,9-11,18H,7-8H2,1-2H3,(H,17,20). The second kappa shape index (κ2) is 7.41. The molecule has 0 saturated heterocycles. The Morgan fingerprint density at radius 3 is 2.46 bits per heavy atom. The quantitative estimate of drug-likeness (QED) is 0.454. The molecule has 0 unspecified atom stereocenters. The van der Waals surface area contributed by atoms with Gasteiger partial charge in [0.1, 0.15) is 0 Å². The van der Waals surface area contributed by atoms with E-state index in [9.17, 15) is 18.4 Å². The van der Waals surface area contributed by atoms with Crippen molar-refractivity contribution in [3.8, 4) is 0 Å². The van der Waals surface area contributed by atoms with Gasteiger partial charge in [0.15, 0.2) is 12.4 Å². The first kappa shape index (κ1) is 17.9. The first-order valence-corrected chi connectivity index (χ1v) is 8.82. The van der Waals surface area contributed by atoms with Crippen LogP contribution in [0.5, 0.6) is 0 Å². The van der Waals surface area contributed by atoms with Crippen molar-refractivity contribution in [2.75, 3.05) is 13.1 Å². The van der Waals surface area contributed by atoms with Gasteiger partial charge >= 0.3 is 0 Å². The Kier molecular flexibility index (Phi) is 5.53. The average Bonchev–Trinajstić information content (AvgIpc) is 2.54. The predicted octanol–water partition coefficient (Wildman–Crippen LogP) is 0.645. The van der Waals surface area contributed by atoms with Crippen molar-refractivity contribution in [1.29, 1.82) is 0 Å². The molecule has 7 nitrogen and oxygen atoms in total. The molecule has 0 aliphatic carbocycles. The summed E-state index contributed by atoms with van der Waals surface area (Å²) in [5.74, 6) is -0.374. The lowest BCUT2D eigenvalue weighted by Crippen LogP contribution is -2.35. The number of carbonyl (C=O) groups is 1. The molecule has 0 radical (unpaired) electrons. The fourth-order valence-corrected chi connectivity index (χ4v) is 3.46. The molecule has 128 valence electrons. The molecular formula is C16H19N3O4S. The monoisotopic (exact) mass is 349 g/mol. The third-order valence-corrected chi connectivity index (χ3v) is 5.00. The van der Waals surface area contributed by atoms with E-state index in [0.717, 1.165) is 5.56 Å². The van der Waals surface area contributed by atoms with Crippen molar-refractivity contribution < 1.29 is 17.9 Å². The third kappa shape index (κ3) is 4.53. The first-order valence-electron chi connectivity index (χ1n) is 7.33.